The first-order chi connectivity index (χ1) is 5.72. The summed E-state index contributed by atoms with van der Waals surface area (Å²) in [4.78, 5) is 0. The quantitative estimate of drug-likeness (QED) is 0.660. The van der Waals surface area contributed by atoms with Gasteiger partial charge in [-0.05, 0) is 24.9 Å². The van der Waals surface area contributed by atoms with Crippen molar-refractivity contribution in [1.29, 1.82) is 0 Å². The van der Waals surface area contributed by atoms with Crippen LogP contribution in [0.15, 0.2) is 6.33 Å². The molecule has 2 rings (SSSR count). The third kappa shape index (κ3) is 1.11. The molecule has 1 aliphatic rings. The first kappa shape index (κ1) is 8.01. The second-order valence-corrected chi connectivity index (χ2v) is 3.61. The summed E-state index contributed by atoms with van der Waals surface area (Å²) in [5.74, 6) is 0. The fraction of sp³-hybridized carbons (Fsp3) is 0.714. The number of halogens is 1. The molecule has 0 radical (unpaired) electrons. The third-order valence-corrected chi connectivity index (χ3v) is 2.54. The Bertz CT molecular complexity index is 280. The molecule has 5 heteroatoms. The van der Waals surface area contributed by atoms with E-state index in [0.29, 0.717) is 11.9 Å². The molecular formula is C7H10ClN3O. The highest BCUT2D eigenvalue weighted by Gasteiger charge is 2.33. The molecule has 1 aromatic rings. The fourth-order valence-corrected chi connectivity index (χ4v) is 1.72. The van der Waals surface area contributed by atoms with Crippen LogP contribution in [0.3, 0.4) is 0 Å². The summed E-state index contributed by atoms with van der Waals surface area (Å²) in [6.45, 7) is 3.56. The van der Waals surface area contributed by atoms with E-state index in [-0.39, 0.29) is 5.54 Å². The van der Waals surface area contributed by atoms with Gasteiger partial charge in [0.05, 0.1) is 12.1 Å². The highest BCUT2D eigenvalue weighted by molar-refractivity contribution is 6.28. The largest absolute Gasteiger partial charge is 0.379 e. The van der Waals surface area contributed by atoms with Crippen molar-refractivity contribution in [3.8, 4) is 0 Å². The Kier molecular flexibility index (Phi) is 1.81. The Balaban J connectivity index is 2.34. The lowest BCUT2D eigenvalue weighted by atomic mass is 10.0. The van der Waals surface area contributed by atoms with Gasteiger partial charge >= 0.3 is 0 Å². The van der Waals surface area contributed by atoms with Gasteiger partial charge in [-0.3, -0.25) is 4.57 Å². The van der Waals surface area contributed by atoms with E-state index >= 15 is 0 Å². The number of aromatic nitrogens is 3. The Hall–Kier alpha value is -0.610. The predicted octanol–water partition coefficient (Wildman–Crippen LogP) is 1.07. The summed E-state index contributed by atoms with van der Waals surface area (Å²) >= 11 is 5.84. The van der Waals surface area contributed by atoms with Crippen molar-refractivity contribution < 1.29 is 4.74 Å². The van der Waals surface area contributed by atoms with E-state index in [1.807, 2.05) is 4.57 Å². The van der Waals surface area contributed by atoms with Gasteiger partial charge in [-0.2, -0.15) is 0 Å². The third-order valence-electron chi connectivity index (χ3n) is 2.29. The van der Waals surface area contributed by atoms with Gasteiger partial charge in [0.15, 0.2) is 0 Å². The zero-order valence-electron chi connectivity index (χ0n) is 6.83. The lowest BCUT2D eigenvalue weighted by molar-refractivity contribution is 0.161. The zero-order chi connectivity index (χ0) is 8.60. The molecule has 2 heterocycles. The smallest absolute Gasteiger partial charge is 0.225 e. The molecule has 1 fully saturated rings. The number of hydrogen-bond donors (Lipinski definition) is 0. The SMILES string of the molecule is CC1(n2cnnc2Cl)CCOC1. The molecule has 1 aromatic heterocycles. The number of hydrogen-bond acceptors (Lipinski definition) is 3. The second-order valence-electron chi connectivity index (χ2n) is 3.27. The summed E-state index contributed by atoms with van der Waals surface area (Å²) < 4.78 is 7.17. The van der Waals surface area contributed by atoms with E-state index in [1.165, 1.54) is 0 Å². The van der Waals surface area contributed by atoms with Crippen LogP contribution in [0, 0.1) is 0 Å². The van der Waals surface area contributed by atoms with Gasteiger partial charge in [0.2, 0.25) is 5.28 Å². The standard InChI is InChI=1S/C7H10ClN3O/c1-7(2-3-12-4-7)11-5-9-10-6(11)8/h5H,2-4H2,1H3. The summed E-state index contributed by atoms with van der Waals surface area (Å²) in [6, 6.07) is 0. The van der Waals surface area contributed by atoms with Gasteiger partial charge in [-0.1, -0.05) is 0 Å². The maximum Gasteiger partial charge on any atom is 0.225 e. The second kappa shape index (κ2) is 2.71. The molecule has 0 bridgehead atoms. The number of rotatable bonds is 1. The summed E-state index contributed by atoms with van der Waals surface area (Å²) in [7, 11) is 0. The Morgan fingerprint density at radius 2 is 2.58 bits per heavy atom. The van der Waals surface area contributed by atoms with Crippen molar-refractivity contribution in [2.45, 2.75) is 18.9 Å². The van der Waals surface area contributed by atoms with E-state index in [2.05, 4.69) is 17.1 Å². The number of ether oxygens (including phenoxy) is 1. The molecule has 1 atom stereocenters. The highest BCUT2D eigenvalue weighted by Crippen LogP contribution is 2.28. The molecule has 0 N–H and O–H groups in total. The molecule has 0 aliphatic carbocycles. The minimum atomic E-state index is -0.0550. The van der Waals surface area contributed by atoms with Gasteiger partial charge in [0, 0.05) is 6.61 Å². The Morgan fingerprint density at radius 1 is 1.75 bits per heavy atom. The molecule has 0 spiro atoms. The molecule has 1 saturated heterocycles. The number of nitrogens with zero attached hydrogens (tertiary/aromatic N) is 3. The van der Waals surface area contributed by atoms with Crippen molar-refractivity contribution in [1.82, 2.24) is 14.8 Å². The van der Waals surface area contributed by atoms with Crippen LogP contribution in [0.5, 0.6) is 0 Å². The normalized spacial score (nSPS) is 29.5. The van der Waals surface area contributed by atoms with E-state index in [1.54, 1.807) is 6.33 Å². The predicted molar refractivity (Wildman–Crippen MR) is 44.1 cm³/mol. The summed E-state index contributed by atoms with van der Waals surface area (Å²) in [5, 5.41) is 7.90. The van der Waals surface area contributed by atoms with Crippen LogP contribution in [0.25, 0.3) is 0 Å². The van der Waals surface area contributed by atoms with Gasteiger partial charge < -0.3 is 4.74 Å². The van der Waals surface area contributed by atoms with Crippen molar-refractivity contribution in [2.24, 2.45) is 0 Å². The van der Waals surface area contributed by atoms with Gasteiger partial charge in [-0.15, -0.1) is 10.2 Å². The van der Waals surface area contributed by atoms with E-state index in [9.17, 15) is 0 Å². The monoisotopic (exact) mass is 187 g/mol. The summed E-state index contributed by atoms with van der Waals surface area (Å²) in [6.07, 6.45) is 2.61. The molecule has 66 valence electrons. The molecule has 1 unspecified atom stereocenters. The lowest BCUT2D eigenvalue weighted by Gasteiger charge is -2.23. The van der Waals surface area contributed by atoms with Crippen LogP contribution in [0.1, 0.15) is 13.3 Å². The fourth-order valence-electron chi connectivity index (χ4n) is 1.43. The summed E-state index contributed by atoms with van der Waals surface area (Å²) in [5.41, 5.74) is -0.0550. The van der Waals surface area contributed by atoms with Crippen LogP contribution < -0.4 is 0 Å². The molecule has 0 saturated carbocycles. The maximum absolute atomic E-state index is 5.84. The first-order valence-corrected chi connectivity index (χ1v) is 4.24. The van der Waals surface area contributed by atoms with Crippen LogP contribution in [0.4, 0.5) is 0 Å². The van der Waals surface area contributed by atoms with E-state index in [0.717, 1.165) is 13.0 Å². The van der Waals surface area contributed by atoms with Crippen LogP contribution in [0.2, 0.25) is 5.28 Å². The minimum absolute atomic E-state index is 0.0550. The average Bonchev–Trinajstić information content (AvgIpc) is 2.59. The van der Waals surface area contributed by atoms with Crippen molar-refractivity contribution >= 4 is 11.6 Å². The molecule has 4 nitrogen and oxygen atoms in total. The zero-order valence-corrected chi connectivity index (χ0v) is 7.58. The Labute approximate surface area is 75.5 Å². The lowest BCUT2D eigenvalue weighted by Crippen LogP contribution is -2.29. The van der Waals surface area contributed by atoms with Crippen molar-refractivity contribution in [3.63, 3.8) is 0 Å². The highest BCUT2D eigenvalue weighted by atomic mass is 35.5. The Morgan fingerprint density at radius 3 is 3.08 bits per heavy atom. The molecule has 1 aliphatic heterocycles. The van der Waals surface area contributed by atoms with E-state index < -0.39 is 0 Å². The van der Waals surface area contributed by atoms with Crippen LogP contribution in [-0.2, 0) is 10.3 Å². The topological polar surface area (TPSA) is 39.9 Å². The van der Waals surface area contributed by atoms with Crippen LogP contribution in [-0.4, -0.2) is 28.0 Å². The molecule has 12 heavy (non-hydrogen) atoms. The molecule has 0 aromatic carbocycles. The minimum Gasteiger partial charge on any atom is -0.379 e. The first-order valence-electron chi connectivity index (χ1n) is 3.86. The van der Waals surface area contributed by atoms with Gasteiger partial charge in [0.1, 0.15) is 6.33 Å². The van der Waals surface area contributed by atoms with Crippen LogP contribution >= 0.6 is 11.6 Å². The maximum atomic E-state index is 5.84. The average molecular weight is 188 g/mol. The van der Waals surface area contributed by atoms with E-state index in [4.69, 9.17) is 16.3 Å². The molecular weight excluding hydrogens is 178 g/mol. The van der Waals surface area contributed by atoms with Crippen molar-refractivity contribution in [2.75, 3.05) is 13.2 Å². The van der Waals surface area contributed by atoms with Gasteiger partial charge in [-0.25, -0.2) is 0 Å². The molecule has 0 amide bonds. The van der Waals surface area contributed by atoms with Crippen molar-refractivity contribution in [3.05, 3.63) is 11.6 Å². The van der Waals surface area contributed by atoms with Gasteiger partial charge in [0.25, 0.3) is 0 Å².